The van der Waals surface area contributed by atoms with Crippen molar-refractivity contribution in [1.82, 2.24) is 0 Å². The van der Waals surface area contributed by atoms with Gasteiger partial charge in [-0.3, -0.25) is 4.79 Å². The molecule has 0 heterocycles. The molecule has 1 amide bonds. The summed E-state index contributed by atoms with van der Waals surface area (Å²) in [5.74, 6) is -0.579. The lowest BCUT2D eigenvalue weighted by Gasteiger charge is -2.17. The van der Waals surface area contributed by atoms with Crippen LogP contribution in [0.1, 0.15) is 6.92 Å². The first-order valence-electron chi connectivity index (χ1n) is 3.74. The van der Waals surface area contributed by atoms with E-state index in [2.05, 4.69) is 0 Å². The summed E-state index contributed by atoms with van der Waals surface area (Å²) in [6.45, 7) is 1.51. The highest BCUT2D eigenvalue weighted by molar-refractivity contribution is 5.91. The molecule has 0 saturated heterocycles. The Hall–Kier alpha value is -0.910. The maximum absolute atomic E-state index is 10.6. The van der Waals surface area contributed by atoms with Crippen LogP contribution < -0.4 is 5.73 Å². The molecule has 5 nitrogen and oxygen atoms in total. The Balaban J connectivity index is 4.33. The monoisotopic (exact) mass is 189 g/mol. The summed E-state index contributed by atoms with van der Waals surface area (Å²) in [7, 11) is 2.79. The highest BCUT2D eigenvalue weighted by atomic mass is 16.7. The van der Waals surface area contributed by atoms with Crippen molar-refractivity contribution < 1.29 is 19.4 Å². The van der Waals surface area contributed by atoms with Gasteiger partial charge in [0.15, 0.2) is 6.29 Å². The molecule has 0 aromatic heterocycles. The quantitative estimate of drug-likeness (QED) is 0.447. The van der Waals surface area contributed by atoms with E-state index in [-0.39, 0.29) is 5.57 Å². The van der Waals surface area contributed by atoms with E-state index in [1.54, 1.807) is 0 Å². The molecule has 3 N–H and O–H groups in total. The second-order valence-electron chi connectivity index (χ2n) is 2.54. The minimum Gasteiger partial charge on any atom is -0.384 e. The first-order valence-corrected chi connectivity index (χ1v) is 3.74. The molecule has 0 aromatic carbocycles. The number of hydrogen-bond donors (Lipinski definition) is 2. The molecule has 0 aliphatic carbocycles. The molecule has 0 aromatic rings. The number of primary amides is 1. The molecule has 0 radical (unpaired) electrons. The molecule has 0 saturated carbocycles. The van der Waals surface area contributed by atoms with Crippen LogP contribution in [0.25, 0.3) is 0 Å². The standard InChI is InChI=1S/C8H15NO4/c1-5(7(9)11)4-6(10)8(12-2)13-3/h4,6,8,10H,1-3H3,(H2,9,11). The van der Waals surface area contributed by atoms with Gasteiger partial charge in [-0.05, 0) is 13.0 Å². The van der Waals surface area contributed by atoms with E-state index in [1.807, 2.05) is 0 Å². The van der Waals surface area contributed by atoms with Crippen LogP contribution in [0.15, 0.2) is 11.6 Å². The van der Waals surface area contributed by atoms with Gasteiger partial charge < -0.3 is 20.3 Å². The van der Waals surface area contributed by atoms with Crippen molar-refractivity contribution in [3.8, 4) is 0 Å². The zero-order valence-electron chi connectivity index (χ0n) is 7.98. The molecule has 1 unspecified atom stereocenters. The summed E-state index contributed by atoms with van der Waals surface area (Å²) in [4.78, 5) is 10.6. The van der Waals surface area contributed by atoms with Crippen LogP contribution >= 0.6 is 0 Å². The summed E-state index contributed by atoms with van der Waals surface area (Å²) in [5.41, 5.74) is 5.24. The van der Waals surface area contributed by atoms with Gasteiger partial charge in [0.25, 0.3) is 0 Å². The molecular formula is C8H15NO4. The lowest BCUT2D eigenvalue weighted by Crippen LogP contribution is -2.29. The topological polar surface area (TPSA) is 81.8 Å². The molecule has 76 valence electrons. The molecule has 0 spiro atoms. The van der Waals surface area contributed by atoms with E-state index >= 15 is 0 Å². The Labute approximate surface area is 77.1 Å². The number of nitrogens with two attached hydrogens (primary N) is 1. The van der Waals surface area contributed by atoms with Crippen LogP contribution in [-0.4, -0.2) is 37.6 Å². The van der Waals surface area contributed by atoms with Gasteiger partial charge >= 0.3 is 0 Å². The van der Waals surface area contributed by atoms with E-state index in [4.69, 9.17) is 15.2 Å². The van der Waals surface area contributed by atoms with Gasteiger partial charge in [-0.25, -0.2) is 0 Å². The average molecular weight is 189 g/mol. The van der Waals surface area contributed by atoms with Crippen LogP contribution in [0, 0.1) is 0 Å². The largest absolute Gasteiger partial charge is 0.384 e. The van der Waals surface area contributed by atoms with Crippen molar-refractivity contribution >= 4 is 5.91 Å². The third kappa shape index (κ3) is 4.02. The van der Waals surface area contributed by atoms with Gasteiger partial charge in [-0.2, -0.15) is 0 Å². The molecule has 0 aliphatic heterocycles. The summed E-state index contributed by atoms with van der Waals surface area (Å²) in [5, 5.41) is 9.39. The molecule has 0 bridgehead atoms. The lowest BCUT2D eigenvalue weighted by atomic mass is 10.2. The number of rotatable bonds is 5. The molecule has 0 fully saturated rings. The Morgan fingerprint density at radius 3 is 2.23 bits per heavy atom. The number of carbonyl (C=O) groups excluding carboxylic acids is 1. The average Bonchev–Trinajstić information content (AvgIpc) is 2.06. The van der Waals surface area contributed by atoms with Crippen molar-refractivity contribution in [3.63, 3.8) is 0 Å². The number of methoxy groups -OCH3 is 2. The van der Waals surface area contributed by atoms with Crippen molar-refractivity contribution in [2.24, 2.45) is 5.73 Å². The molecular weight excluding hydrogens is 174 g/mol. The van der Waals surface area contributed by atoms with E-state index in [9.17, 15) is 9.90 Å². The number of carbonyl (C=O) groups is 1. The predicted octanol–water partition coefficient (Wildman–Crippen LogP) is -0.602. The van der Waals surface area contributed by atoms with Gasteiger partial charge in [-0.1, -0.05) is 0 Å². The predicted molar refractivity (Wildman–Crippen MR) is 46.8 cm³/mol. The zero-order valence-corrected chi connectivity index (χ0v) is 7.98. The van der Waals surface area contributed by atoms with Crippen LogP contribution in [0.4, 0.5) is 0 Å². The molecule has 13 heavy (non-hydrogen) atoms. The summed E-state index contributed by atoms with van der Waals surface area (Å²) >= 11 is 0. The number of aliphatic hydroxyl groups is 1. The van der Waals surface area contributed by atoms with E-state index in [1.165, 1.54) is 27.2 Å². The normalized spacial score (nSPS) is 14.7. The third-order valence-electron chi connectivity index (χ3n) is 1.55. The maximum atomic E-state index is 10.6. The minimum atomic E-state index is -0.998. The number of amides is 1. The van der Waals surface area contributed by atoms with Gasteiger partial charge in [-0.15, -0.1) is 0 Å². The Morgan fingerprint density at radius 1 is 1.46 bits per heavy atom. The highest BCUT2D eigenvalue weighted by Gasteiger charge is 2.16. The van der Waals surface area contributed by atoms with Gasteiger partial charge in [0.05, 0.1) is 0 Å². The Morgan fingerprint density at radius 2 is 1.92 bits per heavy atom. The van der Waals surface area contributed by atoms with Gasteiger partial charge in [0, 0.05) is 19.8 Å². The molecule has 5 heteroatoms. The number of aliphatic hydroxyl groups excluding tert-OH is 1. The Bertz CT molecular complexity index is 198. The first kappa shape index (κ1) is 12.1. The fraction of sp³-hybridized carbons (Fsp3) is 0.625. The molecule has 0 aliphatic rings. The zero-order chi connectivity index (χ0) is 10.4. The van der Waals surface area contributed by atoms with Crippen LogP contribution in [-0.2, 0) is 14.3 Å². The van der Waals surface area contributed by atoms with Crippen molar-refractivity contribution in [2.75, 3.05) is 14.2 Å². The third-order valence-corrected chi connectivity index (χ3v) is 1.55. The van der Waals surface area contributed by atoms with Crippen LogP contribution in [0.5, 0.6) is 0 Å². The number of hydrogen-bond acceptors (Lipinski definition) is 4. The maximum Gasteiger partial charge on any atom is 0.244 e. The van der Waals surface area contributed by atoms with Crippen molar-refractivity contribution in [2.45, 2.75) is 19.3 Å². The van der Waals surface area contributed by atoms with Crippen molar-refractivity contribution in [3.05, 3.63) is 11.6 Å². The molecule has 1 atom stereocenters. The lowest BCUT2D eigenvalue weighted by molar-refractivity contribution is -0.150. The summed E-state index contributed by atoms with van der Waals surface area (Å²) < 4.78 is 9.55. The smallest absolute Gasteiger partial charge is 0.244 e. The van der Waals surface area contributed by atoms with Crippen LogP contribution in [0.3, 0.4) is 0 Å². The van der Waals surface area contributed by atoms with E-state index in [0.717, 1.165) is 0 Å². The first-order chi connectivity index (χ1) is 6.02. The van der Waals surface area contributed by atoms with Gasteiger partial charge in [0.2, 0.25) is 5.91 Å². The summed E-state index contributed by atoms with van der Waals surface area (Å²) in [6.07, 6.45) is -0.489. The Kier molecular flexibility index (Phi) is 5.29. The van der Waals surface area contributed by atoms with Crippen molar-refractivity contribution in [1.29, 1.82) is 0 Å². The van der Waals surface area contributed by atoms with Crippen LogP contribution in [0.2, 0.25) is 0 Å². The second kappa shape index (κ2) is 5.69. The fourth-order valence-electron chi connectivity index (χ4n) is 0.792. The summed E-state index contributed by atoms with van der Waals surface area (Å²) in [6, 6.07) is 0. The molecule has 0 rings (SSSR count). The minimum absolute atomic E-state index is 0.270. The van der Waals surface area contributed by atoms with E-state index < -0.39 is 18.3 Å². The second-order valence-corrected chi connectivity index (χ2v) is 2.54. The fourth-order valence-corrected chi connectivity index (χ4v) is 0.792. The number of ether oxygens (including phenoxy) is 2. The van der Waals surface area contributed by atoms with Gasteiger partial charge in [0.1, 0.15) is 6.10 Å². The van der Waals surface area contributed by atoms with E-state index in [0.29, 0.717) is 0 Å². The highest BCUT2D eigenvalue weighted by Crippen LogP contribution is 2.03. The SMILES string of the molecule is COC(OC)C(O)C=C(C)C(N)=O.